The monoisotopic (exact) mass is 371 g/mol. The maximum absolute atomic E-state index is 9.16. The van der Waals surface area contributed by atoms with Crippen molar-refractivity contribution < 1.29 is 9.47 Å². The summed E-state index contributed by atoms with van der Waals surface area (Å²) in [7, 11) is 1.66. The summed E-state index contributed by atoms with van der Waals surface area (Å²) in [5.74, 6) is 1.56. The van der Waals surface area contributed by atoms with E-state index < -0.39 is 0 Å². The maximum Gasteiger partial charge on any atom is 0.123 e. The predicted octanol–water partition coefficient (Wildman–Crippen LogP) is 4.27. The van der Waals surface area contributed by atoms with E-state index in [0.717, 1.165) is 28.2 Å². The van der Waals surface area contributed by atoms with Crippen LogP contribution in [0.5, 0.6) is 11.5 Å². The fraction of sp³-hybridized carbons (Fsp3) is 0.130. The summed E-state index contributed by atoms with van der Waals surface area (Å²) in [6, 6.07) is 25.1. The quantitative estimate of drug-likeness (QED) is 0.474. The number of methoxy groups -OCH3 is 1. The van der Waals surface area contributed by atoms with E-state index in [2.05, 4.69) is 16.6 Å². The Morgan fingerprint density at radius 2 is 1.79 bits per heavy atom. The van der Waals surface area contributed by atoms with Crippen LogP contribution in [0.3, 0.4) is 0 Å². The smallest absolute Gasteiger partial charge is 0.123 e. The lowest BCUT2D eigenvalue weighted by molar-refractivity contribution is 0.306. The van der Waals surface area contributed by atoms with E-state index in [1.807, 2.05) is 66.7 Å². The molecule has 5 nitrogen and oxygen atoms in total. The molecule has 0 aliphatic carbocycles. The van der Waals surface area contributed by atoms with Crippen molar-refractivity contribution in [1.82, 2.24) is 5.43 Å². The van der Waals surface area contributed by atoms with Crippen LogP contribution in [0, 0.1) is 11.3 Å². The molecular formula is C23H21N3O2. The summed E-state index contributed by atoms with van der Waals surface area (Å²) in [5.41, 5.74) is 6.47. The maximum atomic E-state index is 9.16. The number of nitriles is 1. The molecular weight excluding hydrogens is 350 g/mol. The van der Waals surface area contributed by atoms with Gasteiger partial charge in [0.2, 0.25) is 0 Å². The van der Waals surface area contributed by atoms with Crippen LogP contribution in [0.2, 0.25) is 0 Å². The molecule has 0 spiro atoms. The fourth-order valence-corrected chi connectivity index (χ4v) is 2.70. The Kier molecular flexibility index (Phi) is 6.64. The molecule has 0 atom stereocenters. The average molecular weight is 371 g/mol. The summed E-state index contributed by atoms with van der Waals surface area (Å²) >= 11 is 0. The molecule has 0 aliphatic heterocycles. The van der Waals surface area contributed by atoms with Crippen molar-refractivity contribution >= 4 is 6.21 Å². The number of rotatable bonds is 8. The van der Waals surface area contributed by atoms with Crippen LogP contribution < -0.4 is 14.9 Å². The molecule has 1 N–H and O–H groups in total. The van der Waals surface area contributed by atoms with Crippen molar-refractivity contribution in [2.75, 3.05) is 7.11 Å². The van der Waals surface area contributed by atoms with Gasteiger partial charge < -0.3 is 14.9 Å². The van der Waals surface area contributed by atoms with Gasteiger partial charge in [0.05, 0.1) is 31.5 Å². The van der Waals surface area contributed by atoms with Crippen LogP contribution >= 0.6 is 0 Å². The van der Waals surface area contributed by atoms with Gasteiger partial charge in [-0.15, -0.1) is 0 Å². The minimum Gasteiger partial charge on any atom is -0.496 e. The highest BCUT2D eigenvalue weighted by molar-refractivity contribution is 5.79. The van der Waals surface area contributed by atoms with Crippen molar-refractivity contribution in [2.45, 2.75) is 13.2 Å². The van der Waals surface area contributed by atoms with Crippen molar-refractivity contribution in [2.24, 2.45) is 5.10 Å². The van der Waals surface area contributed by atoms with Gasteiger partial charge >= 0.3 is 0 Å². The molecule has 5 heteroatoms. The van der Waals surface area contributed by atoms with E-state index in [-0.39, 0.29) is 0 Å². The molecule has 0 fully saturated rings. The van der Waals surface area contributed by atoms with Gasteiger partial charge in [0.15, 0.2) is 0 Å². The largest absolute Gasteiger partial charge is 0.496 e. The first-order valence-electron chi connectivity index (χ1n) is 8.89. The van der Waals surface area contributed by atoms with E-state index in [9.17, 15) is 0 Å². The summed E-state index contributed by atoms with van der Waals surface area (Å²) in [6.07, 6.45) is 1.74. The molecule has 0 aromatic heterocycles. The molecule has 0 saturated heterocycles. The van der Waals surface area contributed by atoms with Crippen LogP contribution in [0.15, 0.2) is 77.9 Å². The third-order valence-corrected chi connectivity index (χ3v) is 4.16. The zero-order valence-electron chi connectivity index (χ0n) is 15.6. The number of nitrogens with one attached hydrogen (secondary N) is 1. The molecule has 3 aromatic rings. The van der Waals surface area contributed by atoms with Crippen molar-refractivity contribution in [1.29, 1.82) is 5.26 Å². The second kappa shape index (κ2) is 9.79. The minimum atomic E-state index is 0.344. The first-order chi connectivity index (χ1) is 13.8. The van der Waals surface area contributed by atoms with E-state index in [1.165, 1.54) is 0 Å². The zero-order valence-corrected chi connectivity index (χ0v) is 15.6. The predicted molar refractivity (Wildman–Crippen MR) is 109 cm³/mol. The Hall–Kier alpha value is -3.78. The lowest BCUT2D eigenvalue weighted by Gasteiger charge is -2.08. The molecule has 0 amide bonds. The van der Waals surface area contributed by atoms with Crippen LogP contribution in [-0.2, 0) is 13.2 Å². The normalized spacial score (nSPS) is 10.4. The minimum absolute atomic E-state index is 0.344. The number of benzene rings is 3. The summed E-state index contributed by atoms with van der Waals surface area (Å²) in [4.78, 5) is 0. The lowest BCUT2D eigenvalue weighted by Crippen LogP contribution is -2.07. The van der Waals surface area contributed by atoms with Crippen molar-refractivity contribution in [3.8, 4) is 17.6 Å². The SMILES string of the molecule is COc1ccccc1CN/N=C\c1cccc(OCc2ccccc2C#N)c1. The van der Waals surface area contributed by atoms with Gasteiger partial charge in [-0.05, 0) is 29.8 Å². The molecule has 3 aromatic carbocycles. The fourth-order valence-electron chi connectivity index (χ4n) is 2.70. The first-order valence-corrected chi connectivity index (χ1v) is 8.89. The van der Waals surface area contributed by atoms with Crippen LogP contribution in [0.1, 0.15) is 22.3 Å². The molecule has 0 heterocycles. The van der Waals surface area contributed by atoms with Crippen LogP contribution in [-0.4, -0.2) is 13.3 Å². The second-order valence-corrected chi connectivity index (χ2v) is 6.04. The lowest BCUT2D eigenvalue weighted by atomic mass is 10.1. The van der Waals surface area contributed by atoms with Crippen LogP contribution in [0.4, 0.5) is 0 Å². The molecule has 0 aliphatic rings. The Balaban J connectivity index is 1.57. The molecule has 3 rings (SSSR count). The zero-order chi connectivity index (χ0) is 19.6. The Morgan fingerprint density at radius 3 is 2.61 bits per heavy atom. The third-order valence-electron chi connectivity index (χ3n) is 4.16. The standard InChI is InChI=1S/C23H21N3O2/c1-27-23-12-5-4-9-20(23)16-26-25-15-18-7-6-11-22(13-18)28-17-21-10-3-2-8-19(21)14-24/h2-13,15,26H,16-17H2,1H3/b25-15-. The van der Waals surface area contributed by atoms with Crippen molar-refractivity contribution in [3.05, 3.63) is 95.1 Å². The summed E-state index contributed by atoms with van der Waals surface area (Å²) in [5, 5.41) is 13.4. The number of para-hydroxylation sites is 1. The Bertz CT molecular complexity index is 993. The summed E-state index contributed by atoms with van der Waals surface area (Å²) in [6.45, 7) is 0.915. The highest BCUT2D eigenvalue weighted by Crippen LogP contribution is 2.17. The van der Waals surface area contributed by atoms with Gasteiger partial charge in [0.1, 0.15) is 18.1 Å². The van der Waals surface area contributed by atoms with E-state index >= 15 is 0 Å². The van der Waals surface area contributed by atoms with Gasteiger partial charge in [-0.25, -0.2) is 0 Å². The van der Waals surface area contributed by atoms with Gasteiger partial charge in [-0.2, -0.15) is 10.4 Å². The van der Waals surface area contributed by atoms with Gasteiger partial charge in [0, 0.05) is 11.1 Å². The highest BCUT2D eigenvalue weighted by Gasteiger charge is 2.03. The van der Waals surface area contributed by atoms with Gasteiger partial charge in [-0.1, -0.05) is 48.5 Å². The third kappa shape index (κ3) is 5.12. The van der Waals surface area contributed by atoms with Gasteiger partial charge in [-0.3, -0.25) is 0 Å². The highest BCUT2D eigenvalue weighted by atomic mass is 16.5. The van der Waals surface area contributed by atoms with E-state index in [0.29, 0.717) is 18.7 Å². The molecule has 0 saturated carbocycles. The molecule has 140 valence electrons. The van der Waals surface area contributed by atoms with Crippen molar-refractivity contribution in [3.63, 3.8) is 0 Å². The molecule has 0 unspecified atom stereocenters. The number of hydrogen-bond acceptors (Lipinski definition) is 5. The first kappa shape index (κ1) is 19.0. The Morgan fingerprint density at radius 1 is 1.00 bits per heavy atom. The van der Waals surface area contributed by atoms with Crippen LogP contribution in [0.25, 0.3) is 0 Å². The average Bonchev–Trinajstić information content (AvgIpc) is 2.76. The number of hydrazone groups is 1. The van der Waals surface area contributed by atoms with Gasteiger partial charge in [0.25, 0.3) is 0 Å². The molecule has 28 heavy (non-hydrogen) atoms. The van der Waals surface area contributed by atoms with E-state index in [1.54, 1.807) is 19.4 Å². The summed E-state index contributed by atoms with van der Waals surface area (Å²) < 4.78 is 11.2. The van der Waals surface area contributed by atoms with E-state index in [4.69, 9.17) is 14.7 Å². The number of ether oxygens (including phenoxy) is 2. The number of nitrogens with zero attached hydrogens (tertiary/aromatic N) is 2. The molecule has 0 radical (unpaired) electrons. The second-order valence-electron chi connectivity index (χ2n) is 6.04. The topological polar surface area (TPSA) is 66.6 Å². The Labute approximate surface area is 164 Å². The molecule has 0 bridgehead atoms. The number of hydrogen-bond donors (Lipinski definition) is 1.